The molecule has 0 aliphatic heterocycles. The van der Waals surface area contributed by atoms with Crippen molar-refractivity contribution in [2.75, 3.05) is 0 Å². The molecule has 0 fully saturated rings. The third-order valence-corrected chi connectivity index (χ3v) is 5.58. The molecule has 0 atom stereocenters. The highest BCUT2D eigenvalue weighted by atomic mass is 19.1. The number of nitriles is 3. The van der Waals surface area contributed by atoms with Gasteiger partial charge in [-0.2, -0.15) is 15.8 Å². The van der Waals surface area contributed by atoms with Crippen LogP contribution in [0.1, 0.15) is 22.3 Å². The second kappa shape index (κ2) is 7.13. The Bertz CT molecular complexity index is 1510. The molecular formula is C26H10F2N4. The molecule has 2 aliphatic rings. The van der Waals surface area contributed by atoms with E-state index in [0.717, 1.165) is 17.2 Å². The average molecular weight is 416 g/mol. The summed E-state index contributed by atoms with van der Waals surface area (Å²) in [6.07, 6.45) is 2.84. The fourth-order valence-electron chi connectivity index (χ4n) is 4.44. The Kier molecular flexibility index (Phi) is 4.26. The Morgan fingerprint density at radius 3 is 2.28 bits per heavy atom. The molecule has 0 N–H and O–H groups in total. The lowest BCUT2D eigenvalue weighted by Crippen LogP contribution is -1.95. The number of fused-ring (bicyclic) bond motifs is 4. The van der Waals surface area contributed by atoms with Crippen LogP contribution in [0, 0.1) is 45.6 Å². The lowest BCUT2D eigenvalue weighted by molar-refractivity contribution is 0.581. The standard InChI is InChI=1S/C26H10F2N4/c27-15-10-20-17(7-8-29)25(22(14(12-30)13-31)24(20)21(28)11-15)23-16-4-1-2-5-18(16)26-19(23)6-3-9-32-26/h1-7,9-11H/b17-7+,25-23+. The first-order chi connectivity index (χ1) is 15.6. The minimum atomic E-state index is -0.907. The zero-order valence-electron chi connectivity index (χ0n) is 16.3. The van der Waals surface area contributed by atoms with Crippen LogP contribution in [0.2, 0.25) is 0 Å². The van der Waals surface area contributed by atoms with E-state index in [1.165, 1.54) is 6.08 Å². The highest BCUT2D eigenvalue weighted by Crippen LogP contribution is 2.55. The van der Waals surface area contributed by atoms with Crippen molar-refractivity contribution < 1.29 is 8.78 Å². The van der Waals surface area contributed by atoms with Gasteiger partial charge in [0.2, 0.25) is 0 Å². The first-order valence-corrected chi connectivity index (χ1v) is 9.55. The van der Waals surface area contributed by atoms with Crippen molar-refractivity contribution in [3.63, 3.8) is 0 Å². The van der Waals surface area contributed by atoms with Gasteiger partial charge in [0, 0.05) is 57.3 Å². The van der Waals surface area contributed by atoms with Crippen molar-refractivity contribution in [3.8, 4) is 29.5 Å². The number of aromatic nitrogens is 1. The minimum absolute atomic E-state index is 0.0468. The Morgan fingerprint density at radius 2 is 1.56 bits per heavy atom. The fourth-order valence-corrected chi connectivity index (χ4v) is 4.44. The smallest absolute Gasteiger partial charge is 0.138 e. The predicted octanol–water partition coefficient (Wildman–Crippen LogP) is 5.56. The van der Waals surface area contributed by atoms with Crippen LogP contribution in [0.15, 0.2) is 72.0 Å². The normalized spacial score (nSPS) is 16.6. The van der Waals surface area contributed by atoms with Crippen LogP contribution in [0.4, 0.5) is 8.78 Å². The van der Waals surface area contributed by atoms with E-state index >= 15 is 4.39 Å². The summed E-state index contributed by atoms with van der Waals surface area (Å²) in [7, 11) is 0. The minimum Gasteiger partial charge on any atom is -0.256 e. The Hall–Kier alpha value is -4.86. The van der Waals surface area contributed by atoms with Gasteiger partial charge < -0.3 is 0 Å². The second-order valence-corrected chi connectivity index (χ2v) is 7.17. The molecule has 0 saturated carbocycles. The Morgan fingerprint density at radius 1 is 0.844 bits per heavy atom. The molecule has 6 heteroatoms. The SMILES string of the molecule is N#C/C=C1/C(=C2/c3ccccc3-c3ncccc32)C(=C(C#N)C#N)c2c(F)cc(F)cc21. The summed E-state index contributed by atoms with van der Waals surface area (Å²) in [5.74, 6) is -1.73. The van der Waals surface area contributed by atoms with Gasteiger partial charge in [-0.3, -0.25) is 4.98 Å². The quantitative estimate of drug-likeness (QED) is 0.351. The molecule has 4 nitrogen and oxygen atoms in total. The van der Waals surface area contributed by atoms with Crippen molar-refractivity contribution >= 4 is 16.7 Å². The van der Waals surface area contributed by atoms with Crippen LogP contribution in [-0.2, 0) is 0 Å². The van der Waals surface area contributed by atoms with E-state index in [1.54, 1.807) is 12.3 Å². The highest BCUT2D eigenvalue weighted by molar-refractivity contribution is 6.20. The van der Waals surface area contributed by atoms with E-state index in [0.29, 0.717) is 28.5 Å². The Labute approximate surface area is 181 Å². The van der Waals surface area contributed by atoms with E-state index < -0.39 is 11.6 Å². The molecule has 1 aromatic heterocycles. The summed E-state index contributed by atoms with van der Waals surface area (Å²) >= 11 is 0. The molecule has 32 heavy (non-hydrogen) atoms. The van der Waals surface area contributed by atoms with Crippen molar-refractivity contribution in [2.45, 2.75) is 0 Å². The number of halogens is 2. The van der Waals surface area contributed by atoms with Gasteiger partial charge >= 0.3 is 0 Å². The maximum absolute atomic E-state index is 15.1. The van der Waals surface area contributed by atoms with E-state index in [9.17, 15) is 20.2 Å². The van der Waals surface area contributed by atoms with Crippen molar-refractivity contribution in [3.05, 3.63) is 106 Å². The van der Waals surface area contributed by atoms with Crippen LogP contribution < -0.4 is 0 Å². The van der Waals surface area contributed by atoms with Crippen LogP contribution in [0.5, 0.6) is 0 Å². The number of pyridine rings is 1. The largest absolute Gasteiger partial charge is 0.256 e. The lowest BCUT2D eigenvalue weighted by Gasteiger charge is -2.12. The molecule has 2 aromatic carbocycles. The number of hydrogen-bond donors (Lipinski definition) is 0. The zero-order valence-corrected chi connectivity index (χ0v) is 16.3. The van der Waals surface area contributed by atoms with Gasteiger partial charge in [0.1, 0.15) is 29.3 Å². The number of hydrogen-bond acceptors (Lipinski definition) is 4. The molecular weight excluding hydrogens is 406 g/mol. The van der Waals surface area contributed by atoms with Gasteiger partial charge in [-0.15, -0.1) is 0 Å². The molecule has 3 aromatic rings. The summed E-state index contributed by atoms with van der Waals surface area (Å²) in [4.78, 5) is 4.49. The summed E-state index contributed by atoms with van der Waals surface area (Å²) in [5.41, 5.74) is 3.99. The molecule has 0 spiro atoms. The number of rotatable bonds is 0. The molecule has 0 bridgehead atoms. The predicted molar refractivity (Wildman–Crippen MR) is 114 cm³/mol. The van der Waals surface area contributed by atoms with Crippen LogP contribution in [-0.4, -0.2) is 4.98 Å². The molecule has 0 unspecified atom stereocenters. The summed E-state index contributed by atoms with van der Waals surface area (Å²) in [6, 6.07) is 18.5. The second-order valence-electron chi connectivity index (χ2n) is 7.17. The topological polar surface area (TPSA) is 84.3 Å². The third kappa shape index (κ3) is 2.53. The van der Waals surface area contributed by atoms with Crippen molar-refractivity contribution in [2.24, 2.45) is 0 Å². The number of nitrogens with zero attached hydrogens (tertiary/aromatic N) is 4. The molecule has 0 radical (unpaired) electrons. The maximum atomic E-state index is 15.1. The van der Waals surface area contributed by atoms with Gasteiger partial charge in [0.15, 0.2) is 0 Å². The molecule has 0 amide bonds. The first kappa shape index (κ1) is 19.1. The fraction of sp³-hybridized carbons (Fsp3) is 0. The van der Waals surface area contributed by atoms with E-state index in [2.05, 4.69) is 4.98 Å². The summed E-state index contributed by atoms with van der Waals surface area (Å²) in [6.45, 7) is 0. The third-order valence-electron chi connectivity index (χ3n) is 5.58. The number of benzene rings is 2. The monoisotopic (exact) mass is 416 g/mol. The average Bonchev–Trinajstić information content (AvgIpc) is 3.28. The van der Waals surface area contributed by atoms with Gasteiger partial charge in [-0.1, -0.05) is 30.3 Å². The van der Waals surface area contributed by atoms with Crippen LogP contribution in [0.25, 0.3) is 28.0 Å². The summed E-state index contributed by atoms with van der Waals surface area (Å²) in [5, 5.41) is 28.8. The first-order valence-electron chi connectivity index (χ1n) is 9.55. The molecule has 5 rings (SSSR count). The van der Waals surface area contributed by atoms with Crippen LogP contribution >= 0.6 is 0 Å². The van der Waals surface area contributed by atoms with Gasteiger partial charge in [0.05, 0.1) is 11.8 Å². The summed E-state index contributed by atoms with van der Waals surface area (Å²) < 4.78 is 29.3. The van der Waals surface area contributed by atoms with Crippen molar-refractivity contribution in [1.82, 2.24) is 4.98 Å². The number of allylic oxidation sites excluding steroid dienone is 5. The van der Waals surface area contributed by atoms with Crippen molar-refractivity contribution in [1.29, 1.82) is 15.8 Å². The van der Waals surface area contributed by atoms with Gasteiger partial charge in [0.25, 0.3) is 0 Å². The maximum Gasteiger partial charge on any atom is 0.138 e. The molecule has 2 aliphatic carbocycles. The lowest BCUT2D eigenvalue weighted by atomic mass is 9.89. The Balaban J connectivity index is 2.05. The van der Waals surface area contributed by atoms with E-state index in [1.807, 2.05) is 48.5 Å². The molecule has 1 heterocycles. The van der Waals surface area contributed by atoms with Gasteiger partial charge in [-0.05, 0) is 23.3 Å². The van der Waals surface area contributed by atoms with Gasteiger partial charge in [-0.25, -0.2) is 8.78 Å². The zero-order chi connectivity index (χ0) is 22.4. The van der Waals surface area contributed by atoms with Crippen LogP contribution in [0.3, 0.4) is 0 Å². The highest BCUT2D eigenvalue weighted by Gasteiger charge is 2.38. The molecule has 0 saturated heterocycles. The van der Waals surface area contributed by atoms with E-state index in [4.69, 9.17) is 0 Å². The van der Waals surface area contributed by atoms with E-state index in [-0.39, 0.29) is 27.8 Å². The molecule has 148 valence electrons.